The minimum atomic E-state index is -1.35. The first kappa shape index (κ1) is 39.4. The van der Waals surface area contributed by atoms with E-state index in [9.17, 15) is 39.3 Å². The van der Waals surface area contributed by atoms with Crippen molar-refractivity contribution in [3.8, 4) is 5.75 Å². The van der Waals surface area contributed by atoms with Crippen LogP contribution >= 0.6 is 11.8 Å². The number of phenolic OH excluding ortho intramolecular Hbond substituents is 1. The lowest BCUT2D eigenvalue weighted by Gasteiger charge is -2.27. The van der Waals surface area contributed by atoms with Gasteiger partial charge in [-0.1, -0.05) is 30.3 Å². The molecule has 0 aliphatic rings. The van der Waals surface area contributed by atoms with Crippen LogP contribution in [-0.4, -0.2) is 108 Å². The Morgan fingerprint density at radius 3 is 2.08 bits per heavy atom. The van der Waals surface area contributed by atoms with Gasteiger partial charge >= 0.3 is 5.97 Å². The molecule has 2 heterocycles. The van der Waals surface area contributed by atoms with E-state index in [1.165, 1.54) is 43.3 Å². The number of aliphatic carboxylic acids is 1. The number of imidazole rings is 1. The Labute approximate surface area is 303 Å². The first-order chi connectivity index (χ1) is 24.9. The number of carbonyl (C=O) groups excluding carboxylic acids is 4. The molecule has 0 aliphatic heterocycles. The molecule has 2 aromatic carbocycles. The molecular formula is C35H44N8O8S. The van der Waals surface area contributed by atoms with Gasteiger partial charge < -0.3 is 52.3 Å². The van der Waals surface area contributed by atoms with Gasteiger partial charge in [0.15, 0.2) is 0 Å². The number of hydrogen-bond donors (Lipinski definition) is 10. The maximum atomic E-state index is 14.1. The van der Waals surface area contributed by atoms with Crippen molar-refractivity contribution in [3.05, 3.63) is 84.1 Å². The summed E-state index contributed by atoms with van der Waals surface area (Å²) < 4.78 is 0. The molecule has 0 fully saturated rings. The summed E-state index contributed by atoms with van der Waals surface area (Å²) in [6.45, 7) is 1.33. The number of hydrogen-bond acceptors (Lipinski definition) is 10. The average molecular weight is 737 g/mol. The molecule has 0 unspecified atom stereocenters. The smallest absolute Gasteiger partial charge is 0.326 e. The molecule has 0 spiro atoms. The van der Waals surface area contributed by atoms with Crippen molar-refractivity contribution < 1.29 is 39.3 Å². The van der Waals surface area contributed by atoms with Crippen LogP contribution in [0.15, 0.2) is 67.3 Å². The average Bonchev–Trinajstić information content (AvgIpc) is 3.79. The topological polar surface area (TPSA) is 265 Å². The molecule has 4 aromatic rings. The van der Waals surface area contributed by atoms with E-state index in [0.717, 1.165) is 10.9 Å². The van der Waals surface area contributed by atoms with Crippen LogP contribution in [0.4, 0.5) is 0 Å². The Bertz CT molecular complexity index is 1810. The highest BCUT2D eigenvalue weighted by molar-refractivity contribution is 7.98. The SMILES string of the molecule is CSCC[C@H](NC(=O)[C@H](Cc1c[nH]c2ccccc12)NC(=O)[C@H](Cc1ccc(O)cc1)NC(=O)[C@@H](N)[C@@H](C)O)C(=O)N[C@@H](Cc1cnc[nH]1)C(=O)O. The number of fused-ring (bicyclic) bond motifs is 1. The third-order valence-electron chi connectivity index (χ3n) is 8.40. The molecular weight excluding hydrogens is 692 g/mol. The summed E-state index contributed by atoms with van der Waals surface area (Å²) in [6, 6.07) is 6.97. The first-order valence-corrected chi connectivity index (χ1v) is 17.9. The Balaban J connectivity index is 1.62. The van der Waals surface area contributed by atoms with Gasteiger partial charge in [0.2, 0.25) is 23.6 Å². The van der Waals surface area contributed by atoms with Gasteiger partial charge in [-0.05, 0) is 54.7 Å². The van der Waals surface area contributed by atoms with Crippen LogP contribution in [-0.2, 0) is 43.2 Å². The number of aliphatic hydroxyl groups is 1. The molecule has 2 aromatic heterocycles. The molecule has 0 bridgehead atoms. The number of H-pyrrole nitrogens is 2. The number of rotatable bonds is 19. The van der Waals surface area contributed by atoms with E-state index in [4.69, 9.17) is 5.73 Å². The van der Waals surface area contributed by atoms with Gasteiger partial charge in [-0.2, -0.15) is 11.8 Å². The zero-order chi connectivity index (χ0) is 37.8. The number of nitrogens with one attached hydrogen (secondary N) is 6. The second-order valence-corrected chi connectivity index (χ2v) is 13.3. The summed E-state index contributed by atoms with van der Waals surface area (Å²) in [4.78, 5) is 76.4. The Hall–Kier alpha value is -5.39. The number of carboxylic acid groups (broad SMARTS) is 1. The molecule has 6 atom stereocenters. The van der Waals surface area contributed by atoms with Gasteiger partial charge in [-0.25, -0.2) is 9.78 Å². The molecule has 4 rings (SSSR count). The number of aliphatic hydroxyl groups excluding tert-OH is 1. The molecule has 11 N–H and O–H groups in total. The second kappa shape index (κ2) is 18.7. The van der Waals surface area contributed by atoms with Crippen LogP contribution in [0.5, 0.6) is 5.75 Å². The fraction of sp³-hybridized carbons (Fsp3) is 0.371. The van der Waals surface area contributed by atoms with Crippen molar-refractivity contribution in [2.24, 2.45) is 5.73 Å². The monoisotopic (exact) mass is 736 g/mol. The van der Waals surface area contributed by atoms with Gasteiger partial charge in [0.25, 0.3) is 0 Å². The van der Waals surface area contributed by atoms with E-state index >= 15 is 0 Å². The van der Waals surface area contributed by atoms with Gasteiger partial charge in [0.1, 0.15) is 36.0 Å². The van der Waals surface area contributed by atoms with Gasteiger partial charge in [0, 0.05) is 48.3 Å². The lowest BCUT2D eigenvalue weighted by atomic mass is 10.0. The van der Waals surface area contributed by atoms with Gasteiger partial charge in [0.05, 0.1) is 12.4 Å². The fourth-order valence-corrected chi connectivity index (χ4v) is 5.90. The van der Waals surface area contributed by atoms with Crippen LogP contribution in [0.2, 0.25) is 0 Å². The molecule has 16 nitrogen and oxygen atoms in total. The Morgan fingerprint density at radius 1 is 0.827 bits per heavy atom. The molecule has 52 heavy (non-hydrogen) atoms. The maximum Gasteiger partial charge on any atom is 0.326 e. The van der Waals surface area contributed by atoms with E-state index in [2.05, 4.69) is 36.2 Å². The normalized spacial score (nSPS) is 14.7. The molecule has 0 saturated heterocycles. The first-order valence-electron chi connectivity index (χ1n) is 16.5. The zero-order valence-corrected chi connectivity index (χ0v) is 29.5. The molecule has 0 radical (unpaired) electrons. The number of benzene rings is 2. The van der Waals surface area contributed by atoms with E-state index in [1.54, 1.807) is 18.3 Å². The van der Waals surface area contributed by atoms with Crippen LogP contribution < -0.4 is 27.0 Å². The Morgan fingerprint density at radius 2 is 1.44 bits per heavy atom. The standard InChI is InChI=1S/C35H44N8O8S/c1-19(44)30(36)34(49)42-27(13-20-7-9-23(45)10-8-20)32(47)41-28(14-21-16-38-25-6-4-3-5-24(21)25)33(48)40-26(11-12-52-2)31(46)43-29(35(50)51)15-22-17-37-18-39-22/h3-10,16-19,26-30,38,44-45H,11-15,36H2,1-2H3,(H,37,39)(H,40,48)(H,41,47)(H,42,49)(H,43,46)(H,50,51)/t19-,26+,27+,28+,29+,30+/m1/s1. The molecule has 4 amide bonds. The highest BCUT2D eigenvalue weighted by Crippen LogP contribution is 2.20. The number of para-hydroxylation sites is 1. The van der Waals surface area contributed by atoms with Crippen molar-refractivity contribution in [3.63, 3.8) is 0 Å². The van der Waals surface area contributed by atoms with Crippen LogP contribution in [0.3, 0.4) is 0 Å². The lowest BCUT2D eigenvalue weighted by Crippen LogP contribution is -2.60. The summed E-state index contributed by atoms with van der Waals surface area (Å²) in [5.74, 6) is -3.85. The number of nitrogens with zero attached hydrogens (tertiary/aromatic N) is 1. The predicted octanol–water partition coefficient (Wildman–Crippen LogP) is 0.110. The maximum absolute atomic E-state index is 14.1. The van der Waals surface area contributed by atoms with Crippen LogP contribution in [0, 0.1) is 0 Å². The minimum Gasteiger partial charge on any atom is -0.508 e. The number of aromatic amines is 2. The lowest BCUT2D eigenvalue weighted by molar-refractivity contribution is -0.142. The van der Waals surface area contributed by atoms with Crippen molar-refractivity contribution in [2.45, 2.75) is 68.9 Å². The third-order valence-corrected chi connectivity index (χ3v) is 9.04. The van der Waals surface area contributed by atoms with Crippen molar-refractivity contribution in [1.82, 2.24) is 36.2 Å². The third kappa shape index (κ3) is 11.1. The predicted molar refractivity (Wildman–Crippen MR) is 194 cm³/mol. The largest absolute Gasteiger partial charge is 0.508 e. The highest BCUT2D eigenvalue weighted by atomic mass is 32.2. The number of nitrogens with two attached hydrogens (primary N) is 1. The quantitative estimate of drug-likeness (QED) is 0.0618. The summed E-state index contributed by atoms with van der Waals surface area (Å²) in [7, 11) is 0. The zero-order valence-electron chi connectivity index (χ0n) is 28.7. The minimum absolute atomic E-state index is 0.00331. The second-order valence-electron chi connectivity index (χ2n) is 12.3. The van der Waals surface area contributed by atoms with Crippen LogP contribution in [0.25, 0.3) is 10.9 Å². The number of aromatic nitrogens is 3. The van der Waals surface area contributed by atoms with Crippen LogP contribution in [0.1, 0.15) is 30.2 Å². The Kier molecular flexibility index (Phi) is 14.2. The number of carboxylic acids is 1. The molecule has 17 heteroatoms. The van der Waals surface area contributed by atoms with E-state index in [1.807, 2.05) is 30.5 Å². The van der Waals surface area contributed by atoms with Crippen molar-refractivity contribution in [1.29, 1.82) is 0 Å². The number of phenols is 1. The molecule has 278 valence electrons. The number of aromatic hydroxyl groups is 1. The van der Waals surface area contributed by atoms with Gasteiger partial charge in [-0.3, -0.25) is 19.2 Å². The van der Waals surface area contributed by atoms with E-state index in [-0.39, 0.29) is 31.4 Å². The summed E-state index contributed by atoms with van der Waals surface area (Å²) in [5.41, 5.74) is 8.38. The summed E-state index contributed by atoms with van der Waals surface area (Å²) >= 11 is 1.42. The molecule has 0 aliphatic carbocycles. The highest BCUT2D eigenvalue weighted by Gasteiger charge is 2.33. The fourth-order valence-electron chi connectivity index (χ4n) is 5.43. The summed E-state index contributed by atoms with van der Waals surface area (Å²) in [5, 5.41) is 40.8. The number of thioether (sulfide) groups is 1. The summed E-state index contributed by atoms with van der Waals surface area (Å²) in [6.07, 6.45) is 5.14. The van der Waals surface area contributed by atoms with Crippen molar-refractivity contribution in [2.75, 3.05) is 12.0 Å². The van der Waals surface area contributed by atoms with E-state index < -0.39 is 65.9 Å². The number of carbonyl (C=O) groups is 5. The van der Waals surface area contributed by atoms with Crippen molar-refractivity contribution >= 4 is 52.3 Å². The number of amides is 4. The van der Waals surface area contributed by atoms with E-state index in [0.29, 0.717) is 22.6 Å². The molecule has 0 saturated carbocycles. The van der Waals surface area contributed by atoms with Gasteiger partial charge in [-0.15, -0.1) is 0 Å².